The topological polar surface area (TPSA) is 24.9 Å². The van der Waals surface area contributed by atoms with E-state index in [1.807, 2.05) is 6.20 Å². The molecule has 13 heavy (non-hydrogen) atoms. The van der Waals surface area contributed by atoms with Crippen molar-refractivity contribution in [3.8, 4) is 0 Å². The zero-order valence-corrected chi connectivity index (χ0v) is 8.43. The minimum atomic E-state index is 0.579. The Morgan fingerprint density at radius 1 is 1.54 bits per heavy atom. The van der Waals surface area contributed by atoms with Crippen LogP contribution in [0, 0.1) is 6.92 Å². The maximum Gasteiger partial charge on any atom is 0.0627 e. The third-order valence-electron chi connectivity index (χ3n) is 2.61. The molecule has 1 fully saturated rings. The highest BCUT2D eigenvalue weighted by Gasteiger charge is 2.20. The molecule has 0 saturated carbocycles. The predicted molar refractivity (Wildman–Crippen MR) is 54.2 cm³/mol. The van der Waals surface area contributed by atoms with Crippen LogP contribution in [-0.2, 0) is 0 Å². The highest BCUT2D eigenvalue weighted by atomic mass is 35.5. The number of hydrogen-bond acceptors (Lipinski definition) is 2. The number of halogens is 1. The number of rotatable bonds is 1. The quantitative estimate of drug-likeness (QED) is 0.745. The molecule has 2 nitrogen and oxygen atoms in total. The van der Waals surface area contributed by atoms with Gasteiger partial charge in [-0.25, -0.2) is 0 Å². The second-order valence-corrected chi connectivity index (χ2v) is 3.95. The Kier molecular flexibility index (Phi) is 2.51. The van der Waals surface area contributed by atoms with Crippen LogP contribution in [0.25, 0.3) is 0 Å². The van der Waals surface area contributed by atoms with Crippen LogP contribution < -0.4 is 5.32 Å². The molecular weight excluding hydrogens is 184 g/mol. The summed E-state index contributed by atoms with van der Waals surface area (Å²) in [6, 6.07) is 0. The lowest BCUT2D eigenvalue weighted by Gasteiger charge is -2.13. The fraction of sp³-hybridized carbons (Fsp3) is 0.500. The highest BCUT2D eigenvalue weighted by Crippen LogP contribution is 2.30. The summed E-state index contributed by atoms with van der Waals surface area (Å²) in [6.07, 6.45) is 4.81. The van der Waals surface area contributed by atoms with Gasteiger partial charge in [0.1, 0.15) is 0 Å². The molecule has 0 spiro atoms. The summed E-state index contributed by atoms with van der Waals surface area (Å²) in [5, 5.41) is 4.16. The first kappa shape index (κ1) is 8.97. The lowest BCUT2D eigenvalue weighted by Crippen LogP contribution is -2.09. The Bertz CT molecular complexity index is 286. The summed E-state index contributed by atoms with van der Waals surface area (Å²) in [5.41, 5.74) is 2.49. The van der Waals surface area contributed by atoms with Crippen molar-refractivity contribution in [2.75, 3.05) is 13.1 Å². The summed E-state index contributed by atoms with van der Waals surface area (Å²) in [6.45, 7) is 4.22. The largest absolute Gasteiger partial charge is 0.316 e. The fourth-order valence-electron chi connectivity index (χ4n) is 1.96. The molecule has 0 aromatic carbocycles. The van der Waals surface area contributed by atoms with Crippen molar-refractivity contribution < 1.29 is 0 Å². The Morgan fingerprint density at radius 2 is 2.38 bits per heavy atom. The van der Waals surface area contributed by atoms with E-state index in [0.29, 0.717) is 5.92 Å². The van der Waals surface area contributed by atoms with Crippen molar-refractivity contribution in [3.05, 3.63) is 28.5 Å². The number of hydrogen-bond donors (Lipinski definition) is 1. The van der Waals surface area contributed by atoms with E-state index in [-0.39, 0.29) is 0 Å². The summed E-state index contributed by atoms with van der Waals surface area (Å²) in [5.74, 6) is 0.579. The lowest BCUT2D eigenvalue weighted by molar-refractivity contribution is 0.755. The molecule has 2 heterocycles. The fourth-order valence-corrected chi connectivity index (χ4v) is 2.32. The van der Waals surface area contributed by atoms with Crippen molar-refractivity contribution in [3.63, 3.8) is 0 Å². The molecule has 70 valence electrons. The molecule has 3 heteroatoms. The van der Waals surface area contributed by atoms with Gasteiger partial charge in [-0.05, 0) is 36.9 Å². The van der Waals surface area contributed by atoms with Gasteiger partial charge in [0.05, 0.1) is 5.02 Å². The summed E-state index contributed by atoms with van der Waals surface area (Å²) < 4.78 is 0. The van der Waals surface area contributed by atoms with E-state index in [2.05, 4.69) is 17.2 Å². The van der Waals surface area contributed by atoms with Crippen LogP contribution in [0.4, 0.5) is 0 Å². The number of nitrogens with one attached hydrogen (secondary N) is 1. The standard InChI is InChI=1S/C10H13ClN2/c1-7-4-13-6-9(11)10(7)8-2-3-12-5-8/h4,6,8,12H,2-3,5H2,1H3. The third kappa shape index (κ3) is 1.69. The molecule has 0 amide bonds. The molecule has 0 aliphatic carbocycles. The summed E-state index contributed by atoms with van der Waals surface area (Å²) in [7, 11) is 0. The smallest absolute Gasteiger partial charge is 0.0627 e. The molecule has 1 aliphatic heterocycles. The van der Waals surface area contributed by atoms with Gasteiger partial charge < -0.3 is 5.32 Å². The van der Waals surface area contributed by atoms with Crippen molar-refractivity contribution in [2.24, 2.45) is 0 Å². The van der Waals surface area contributed by atoms with E-state index >= 15 is 0 Å². The van der Waals surface area contributed by atoms with E-state index in [1.165, 1.54) is 17.5 Å². The van der Waals surface area contributed by atoms with Gasteiger partial charge in [0.25, 0.3) is 0 Å². The summed E-state index contributed by atoms with van der Waals surface area (Å²) in [4.78, 5) is 4.06. The van der Waals surface area contributed by atoms with Crippen molar-refractivity contribution in [1.82, 2.24) is 10.3 Å². The molecular formula is C10H13ClN2. The van der Waals surface area contributed by atoms with Gasteiger partial charge in [-0.3, -0.25) is 4.98 Å². The number of aromatic nitrogens is 1. The molecule has 0 bridgehead atoms. The summed E-state index contributed by atoms with van der Waals surface area (Å²) >= 11 is 6.12. The zero-order valence-electron chi connectivity index (χ0n) is 7.68. The first-order chi connectivity index (χ1) is 6.29. The number of nitrogens with zero attached hydrogens (tertiary/aromatic N) is 1. The molecule has 1 unspecified atom stereocenters. The van der Waals surface area contributed by atoms with Crippen molar-refractivity contribution in [1.29, 1.82) is 0 Å². The van der Waals surface area contributed by atoms with Crippen LogP contribution in [0.3, 0.4) is 0 Å². The van der Waals surface area contributed by atoms with Crippen LogP contribution >= 0.6 is 11.6 Å². The van der Waals surface area contributed by atoms with Gasteiger partial charge in [-0.1, -0.05) is 11.6 Å². The average molecular weight is 197 g/mol. The van der Waals surface area contributed by atoms with Gasteiger partial charge in [0, 0.05) is 18.9 Å². The van der Waals surface area contributed by atoms with Gasteiger partial charge in [0.2, 0.25) is 0 Å². The molecule has 2 rings (SSSR count). The van der Waals surface area contributed by atoms with Crippen molar-refractivity contribution >= 4 is 11.6 Å². The molecule has 1 atom stereocenters. The Balaban J connectivity index is 2.37. The molecule has 1 saturated heterocycles. The van der Waals surface area contributed by atoms with E-state index in [4.69, 9.17) is 11.6 Å². The predicted octanol–water partition coefficient (Wildman–Crippen LogP) is 2.12. The van der Waals surface area contributed by atoms with Crippen LogP contribution in [0.5, 0.6) is 0 Å². The van der Waals surface area contributed by atoms with E-state index in [9.17, 15) is 0 Å². The van der Waals surface area contributed by atoms with Crippen LogP contribution in [0.2, 0.25) is 5.02 Å². The Labute approximate surface area is 83.3 Å². The molecule has 0 radical (unpaired) electrons. The minimum absolute atomic E-state index is 0.579. The first-order valence-electron chi connectivity index (χ1n) is 4.60. The van der Waals surface area contributed by atoms with Gasteiger partial charge in [-0.15, -0.1) is 0 Å². The molecule has 1 N–H and O–H groups in total. The van der Waals surface area contributed by atoms with Gasteiger partial charge in [-0.2, -0.15) is 0 Å². The van der Waals surface area contributed by atoms with Crippen LogP contribution in [0.15, 0.2) is 12.4 Å². The number of pyridine rings is 1. The first-order valence-corrected chi connectivity index (χ1v) is 4.97. The minimum Gasteiger partial charge on any atom is -0.316 e. The van der Waals surface area contributed by atoms with Crippen LogP contribution in [-0.4, -0.2) is 18.1 Å². The lowest BCUT2D eigenvalue weighted by atomic mass is 9.96. The van der Waals surface area contributed by atoms with E-state index in [1.54, 1.807) is 6.20 Å². The molecule has 1 aromatic heterocycles. The third-order valence-corrected chi connectivity index (χ3v) is 2.91. The maximum absolute atomic E-state index is 6.12. The van der Waals surface area contributed by atoms with Gasteiger partial charge in [0.15, 0.2) is 0 Å². The Hall–Kier alpha value is -0.600. The molecule has 1 aromatic rings. The zero-order chi connectivity index (χ0) is 9.26. The Morgan fingerprint density at radius 3 is 3.00 bits per heavy atom. The van der Waals surface area contributed by atoms with Crippen LogP contribution in [0.1, 0.15) is 23.5 Å². The second-order valence-electron chi connectivity index (χ2n) is 3.54. The maximum atomic E-state index is 6.12. The average Bonchev–Trinajstić information content (AvgIpc) is 2.57. The monoisotopic (exact) mass is 196 g/mol. The number of aryl methyl sites for hydroxylation is 1. The molecule has 1 aliphatic rings. The van der Waals surface area contributed by atoms with Crippen molar-refractivity contribution in [2.45, 2.75) is 19.3 Å². The second kappa shape index (κ2) is 3.64. The van der Waals surface area contributed by atoms with Gasteiger partial charge >= 0.3 is 0 Å². The van der Waals surface area contributed by atoms with E-state index < -0.39 is 0 Å². The SMILES string of the molecule is Cc1cncc(Cl)c1C1CCNC1. The normalized spacial score (nSPS) is 22.2. The van der Waals surface area contributed by atoms with E-state index in [0.717, 1.165) is 18.1 Å². The highest BCUT2D eigenvalue weighted by molar-refractivity contribution is 6.31.